The first kappa shape index (κ1) is 15.1. The Kier molecular flexibility index (Phi) is 5.37. The summed E-state index contributed by atoms with van der Waals surface area (Å²) < 4.78 is 5.24. The van der Waals surface area contributed by atoms with Gasteiger partial charge in [-0.05, 0) is 25.0 Å². The fraction of sp³-hybridized carbons (Fsp3) is 0.375. The molecule has 1 heterocycles. The monoisotopic (exact) mass is 286 g/mol. The molecule has 0 radical (unpaired) electrons. The molecule has 1 aromatic carbocycles. The van der Waals surface area contributed by atoms with Crippen LogP contribution in [-0.4, -0.2) is 23.6 Å². The summed E-state index contributed by atoms with van der Waals surface area (Å²) in [5.74, 6) is 2.55. The molecule has 0 saturated carbocycles. The Morgan fingerprint density at radius 1 is 1.14 bits per heavy atom. The van der Waals surface area contributed by atoms with Crippen LogP contribution in [0, 0.1) is 0 Å². The molecule has 2 N–H and O–H groups in total. The van der Waals surface area contributed by atoms with Gasteiger partial charge in [-0.3, -0.25) is 0 Å². The summed E-state index contributed by atoms with van der Waals surface area (Å²) in [5.41, 5.74) is 2.04. The summed E-state index contributed by atoms with van der Waals surface area (Å²) in [6, 6.07) is 7.80. The maximum absolute atomic E-state index is 5.24. The summed E-state index contributed by atoms with van der Waals surface area (Å²) in [5, 5.41) is 6.69. The van der Waals surface area contributed by atoms with Crippen molar-refractivity contribution in [3.8, 4) is 5.75 Å². The van der Waals surface area contributed by atoms with Gasteiger partial charge in [-0.15, -0.1) is 0 Å². The molecule has 1 aromatic heterocycles. The topological polar surface area (TPSA) is 59.1 Å². The molecular weight excluding hydrogens is 264 g/mol. The molecule has 0 atom stereocenters. The van der Waals surface area contributed by atoms with E-state index in [2.05, 4.69) is 34.4 Å². The molecule has 0 aliphatic rings. The van der Waals surface area contributed by atoms with Crippen LogP contribution < -0.4 is 15.4 Å². The van der Waals surface area contributed by atoms with E-state index in [1.54, 1.807) is 13.4 Å². The number of methoxy groups -OCH3 is 1. The van der Waals surface area contributed by atoms with Gasteiger partial charge in [-0.2, -0.15) is 0 Å². The number of aromatic nitrogens is 2. The minimum atomic E-state index is 0.816. The molecule has 5 heteroatoms. The van der Waals surface area contributed by atoms with Crippen LogP contribution in [0.3, 0.4) is 0 Å². The lowest BCUT2D eigenvalue weighted by Crippen LogP contribution is -2.08. The number of benzene rings is 1. The molecule has 0 unspecified atom stereocenters. The average Bonchev–Trinajstić information content (AvgIpc) is 2.53. The number of hydrogen-bond donors (Lipinski definition) is 2. The first-order valence-electron chi connectivity index (χ1n) is 7.27. The summed E-state index contributed by atoms with van der Waals surface area (Å²) in [6.45, 7) is 5.14. The van der Waals surface area contributed by atoms with Crippen LogP contribution >= 0.6 is 0 Å². The van der Waals surface area contributed by atoms with Gasteiger partial charge in [0.25, 0.3) is 0 Å². The van der Waals surface area contributed by atoms with Gasteiger partial charge in [0.15, 0.2) is 0 Å². The van der Waals surface area contributed by atoms with Gasteiger partial charge in [0.05, 0.1) is 7.11 Å². The maximum Gasteiger partial charge on any atom is 0.139 e. The first-order valence-corrected chi connectivity index (χ1v) is 7.27. The largest absolute Gasteiger partial charge is 0.497 e. The van der Waals surface area contributed by atoms with Crippen LogP contribution in [0.4, 0.5) is 17.3 Å². The van der Waals surface area contributed by atoms with E-state index in [0.29, 0.717) is 0 Å². The summed E-state index contributed by atoms with van der Waals surface area (Å²) >= 11 is 0. The normalized spacial score (nSPS) is 10.2. The summed E-state index contributed by atoms with van der Waals surface area (Å²) in [7, 11) is 1.66. The van der Waals surface area contributed by atoms with Gasteiger partial charge in [0.1, 0.15) is 23.7 Å². The number of rotatable bonds is 7. The van der Waals surface area contributed by atoms with E-state index in [9.17, 15) is 0 Å². The van der Waals surface area contributed by atoms with E-state index in [1.165, 1.54) is 0 Å². The second kappa shape index (κ2) is 7.47. The lowest BCUT2D eigenvalue weighted by molar-refractivity contribution is 0.415. The van der Waals surface area contributed by atoms with Crippen molar-refractivity contribution in [2.45, 2.75) is 26.7 Å². The molecular formula is C16H22N4O. The predicted molar refractivity (Wildman–Crippen MR) is 86.5 cm³/mol. The van der Waals surface area contributed by atoms with Gasteiger partial charge in [-0.1, -0.05) is 19.9 Å². The number of anilines is 3. The van der Waals surface area contributed by atoms with Gasteiger partial charge < -0.3 is 15.4 Å². The Labute approximate surface area is 125 Å². The van der Waals surface area contributed by atoms with E-state index in [0.717, 1.165) is 48.0 Å². The number of hydrogen-bond acceptors (Lipinski definition) is 5. The van der Waals surface area contributed by atoms with Crippen LogP contribution in [0.5, 0.6) is 5.75 Å². The Morgan fingerprint density at radius 2 is 1.95 bits per heavy atom. The van der Waals surface area contributed by atoms with Gasteiger partial charge in [-0.25, -0.2) is 9.97 Å². The smallest absolute Gasteiger partial charge is 0.139 e. The molecule has 2 aromatic rings. The summed E-state index contributed by atoms with van der Waals surface area (Å²) in [4.78, 5) is 8.70. The van der Waals surface area contributed by atoms with Crippen LogP contribution in [0.2, 0.25) is 0 Å². The number of nitrogens with one attached hydrogen (secondary N) is 2. The second-order valence-electron chi connectivity index (χ2n) is 4.69. The predicted octanol–water partition coefficient (Wildman–Crippen LogP) is 3.61. The highest BCUT2D eigenvalue weighted by molar-refractivity contribution is 5.65. The molecule has 0 spiro atoms. The van der Waals surface area contributed by atoms with E-state index in [4.69, 9.17) is 4.74 Å². The number of ether oxygens (including phenoxy) is 1. The Hall–Kier alpha value is -2.30. The lowest BCUT2D eigenvalue weighted by atomic mass is 10.2. The van der Waals surface area contributed by atoms with Crippen molar-refractivity contribution in [3.05, 3.63) is 36.2 Å². The van der Waals surface area contributed by atoms with Crippen molar-refractivity contribution in [2.24, 2.45) is 0 Å². The Bertz CT molecular complexity index is 586. The minimum Gasteiger partial charge on any atom is -0.497 e. The molecule has 0 aliphatic heterocycles. The second-order valence-corrected chi connectivity index (χ2v) is 4.69. The third kappa shape index (κ3) is 3.84. The SMILES string of the molecule is CCCNc1ncnc(Nc2cccc(OC)c2)c1CC. The van der Waals surface area contributed by atoms with Crippen molar-refractivity contribution in [2.75, 3.05) is 24.3 Å². The summed E-state index contributed by atoms with van der Waals surface area (Å²) in [6.07, 6.45) is 3.50. The van der Waals surface area contributed by atoms with Crippen molar-refractivity contribution >= 4 is 17.3 Å². The zero-order valence-electron chi connectivity index (χ0n) is 12.8. The zero-order chi connectivity index (χ0) is 15.1. The highest BCUT2D eigenvalue weighted by Gasteiger charge is 2.09. The molecule has 21 heavy (non-hydrogen) atoms. The molecule has 2 rings (SSSR count). The van der Waals surface area contributed by atoms with Crippen LogP contribution in [0.1, 0.15) is 25.8 Å². The van der Waals surface area contributed by atoms with Crippen molar-refractivity contribution in [3.63, 3.8) is 0 Å². The third-order valence-corrected chi connectivity index (χ3v) is 3.17. The fourth-order valence-corrected chi connectivity index (χ4v) is 2.09. The van der Waals surface area contributed by atoms with Crippen molar-refractivity contribution < 1.29 is 4.74 Å². The van der Waals surface area contributed by atoms with Crippen molar-refractivity contribution in [1.82, 2.24) is 9.97 Å². The van der Waals surface area contributed by atoms with E-state index in [-0.39, 0.29) is 0 Å². The highest BCUT2D eigenvalue weighted by Crippen LogP contribution is 2.25. The van der Waals surface area contributed by atoms with E-state index in [1.807, 2.05) is 24.3 Å². The average molecular weight is 286 g/mol. The van der Waals surface area contributed by atoms with Gasteiger partial charge >= 0.3 is 0 Å². The zero-order valence-corrected chi connectivity index (χ0v) is 12.8. The Balaban J connectivity index is 2.26. The van der Waals surface area contributed by atoms with Gasteiger partial charge in [0.2, 0.25) is 0 Å². The van der Waals surface area contributed by atoms with Crippen LogP contribution in [0.25, 0.3) is 0 Å². The fourth-order valence-electron chi connectivity index (χ4n) is 2.09. The Morgan fingerprint density at radius 3 is 2.67 bits per heavy atom. The van der Waals surface area contributed by atoms with Crippen molar-refractivity contribution in [1.29, 1.82) is 0 Å². The highest BCUT2D eigenvalue weighted by atomic mass is 16.5. The lowest BCUT2D eigenvalue weighted by Gasteiger charge is -2.14. The van der Waals surface area contributed by atoms with Gasteiger partial charge in [0, 0.05) is 23.9 Å². The molecule has 0 amide bonds. The van der Waals surface area contributed by atoms with Crippen LogP contribution in [0.15, 0.2) is 30.6 Å². The number of nitrogens with zero attached hydrogens (tertiary/aromatic N) is 2. The maximum atomic E-state index is 5.24. The third-order valence-electron chi connectivity index (χ3n) is 3.17. The molecule has 112 valence electrons. The standard InChI is InChI=1S/C16H22N4O/c1-4-9-17-15-14(5-2)16(19-11-18-15)20-12-7-6-8-13(10-12)21-3/h6-8,10-11H,4-5,9H2,1-3H3,(H2,17,18,19,20). The molecule has 0 aliphatic carbocycles. The van der Waals surface area contributed by atoms with Crippen LogP contribution in [-0.2, 0) is 6.42 Å². The molecule has 0 bridgehead atoms. The molecule has 0 saturated heterocycles. The molecule has 0 fully saturated rings. The molecule has 5 nitrogen and oxygen atoms in total. The first-order chi connectivity index (χ1) is 10.3. The van der Waals surface area contributed by atoms with E-state index >= 15 is 0 Å². The quantitative estimate of drug-likeness (QED) is 0.814. The van der Waals surface area contributed by atoms with E-state index < -0.39 is 0 Å². The minimum absolute atomic E-state index is 0.816.